The molecule has 1 amide bonds. The lowest BCUT2D eigenvalue weighted by molar-refractivity contribution is -0.762. The number of H-pyrrole nitrogens is 1. The number of hydrogen-bond donors (Lipinski definition) is 7. The second kappa shape index (κ2) is 5.19. The smallest absolute Gasteiger partial charge is 0.293 e. The van der Waals surface area contributed by atoms with Gasteiger partial charge in [-0.3, -0.25) is 20.8 Å². The van der Waals surface area contributed by atoms with E-state index in [9.17, 15) is 15.0 Å². The second-order valence-electron chi connectivity index (χ2n) is 4.83. The van der Waals surface area contributed by atoms with Crippen LogP contribution in [0.4, 0.5) is 5.82 Å². The molecule has 116 valence electrons. The standard InChI is InChI=1S/C10H14BrN5O5/c11-9-13-3-6(14-10(12)15-7(3)20)16(9)8-5(19)4(18)2(1-17)21-8/h2,4-5,8,10,17-19H,1,12H2,(H2,14,15,20)/p+1/t2-,4-,5+,8-,10+/m1/s1. The number of nitrogens with two attached hydrogens (primary N) is 1. The van der Waals surface area contributed by atoms with Gasteiger partial charge in [0.2, 0.25) is 11.9 Å². The first-order valence-electron chi connectivity index (χ1n) is 6.22. The molecule has 5 atom stereocenters. The molecule has 0 aromatic carbocycles. The first kappa shape index (κ1) is 14.7. The number of aliphatic hydroxyl groups is 3. The number of aromatic amines is 1. The van der Waals surface area contributed by atoms with Gasteiger partial charge >= 0.3 is 0 Å². The van der Waals surface area contributed by atoms with Gasteiger partial charge in [-0.2, -0.15) is 4.57 Å². The largest absolute Gasteiger partial charge is 0.394 e. The molecule has 0 unspecified atom stereocenters. The molecule has 0 aliphatic carbocycles. The van der Waals surface area contributed by atoms with Crippen molar-refractivity contribution < 1.29 is 29.4 Å². The fourth-order valence-electron chi connectivity index (χ4n) is 2.48. The number of nitrogens with one attached hydrogen (secondary N) is 3. The Kier molecular flexibility index (Phi) is 3.63. The van der Waals surface area contributed by atoms with Gasteiger partial charge in [0.25, 0.3) is 16.5 Å². The van der Waals surface area contributed by atoms with E-state index in [4.69, 9.17) is 15.6 Å². The lowest BCUT2D eigenvalue weighted by Crippen LogP contribution is -2.56. The minimum Gasteiger partial charge on any atom is -0.394 e. The minimum atomic E-state index is -1.27. The fourth-order valence-corrected chi connectivity index (χ4v) is 3.05. The number of fused-ring (bicyclic) bond motifs is 1. The zero-order valence-corrected chi connectivity index (χ0v) is 12.2. The molecule has 0 saturated carbocycles. The Hall–Kier alpha value is -1.24. The Labute approximate surface area is 127 Å². The van der Waals surface area contributed by atoms with Gasteiger partial charge in [-0.15, -0.1) is 0 Å². The van der Waals surface area contributed by atoms with Crippen molar-refractivity contribution in [3.63, 3.8) is 0 Å². The molecule has 0 radical (unpaired) electrons. The number of ether oxygens (including phenoxy) is 1. The van der Waals surface area contributed by atoms with Gasteiger partial charge in [0.1, 0.15) is 18.3 Å². The number of hydrogen-bond acceptors (Lipinski definition) is 7. The quantitative estimate of drug-likeness (QED) is 0.277. The van der Waals surface area contributed by atoms with Gasteiger partial charge < -0.3 is 25.4 Å². The predicted octanol–water partition coefficient (Wildman–Crippen LogP) is -2.93. The summed E-state index contributed by atoms with van der Waals surface area (Å²) in [6.45, 7) is -0.438. The van der Waals surface area contributed by atoms with Crippen molar-refractivity contribution in [3.05, 3.63) is 10.4 Å². The van der Waals surface area contributed by atoms with E-state index < -0.39 is 43.3 Å². The van der Waals surface area contributed by atoms with Crippen molar-refractivity contribution in [1.29, 1.82) is 0 Å². The summed E-state index contributed by atoms with van der Waals surface area (Å²) in [5, 5.41) is 34.4. The number of halogens is 1. The molecule has 2 aliphatic rings. The van der Waals surface area contributed by atoms with Gasteiger partial charge in [-0.05, 0) is 0 Å². The predicted molar refractivity (Wildman–Crippen MR) is 70.8 cm³/mol. The Morgan fingerprint density at radius 2 is 2.05 bits per heavy atom. The van der Waals surface area contributed by atoms with Crippen molar-refractivity contribution in [2.75, 3.05) is 11.9 Å². The van der Waals surface area contributed by atoms with Crippen molar-refractivity contribution >= 4 is 27.7 Å². The number of amides is 1. The second-order valence-corrected chi connectivity index (χ2v) is 5.58. The maximum atomic E-state index is 11.9. The third-order valence-corrected chi connectivity index (χ3v) is 4.08. The summed E-state index contributed by atoms with van der Waals surface area (Å²) in [7, 11) is 0. The Bertz CT molecular complexity index is 580. The first-order chi connectivity index (χ1) is 9.93. The van der Waals surface area contributed by atoms with E-state index in [1.54, 1.807) is 0 Å². The van der Waals surface area contributed by atoms with Gasteiger partial charge in [-0.25, -0.2) is 0 Å². The van der Waals surface area contributed by atoms with E-state index in [0.717, 1.165) is 0 Å². The van der Waals surface area contributed by atoms with E-state index in [1.165, 1.54) is 4.57 Å². The number of rotatable bonds is 2. The van der Waals surface area contributed by atoms with E-state index in [2.05, 4.69) is 31.5 Å². The summed E-state index contributed by atoms with van der Waals surface area (Å²) in [6, 6.07) is 0. The normalized spacial score (nSPS) is 35.3. The summed E-state index contributed by atoms with van der Waals surface area (Å²) in [6.07, 6.45) is -5.21. The Morgan fingerprint density at radius 1 is 1.33 bits per heavy atom. The molecule has 10 nitrogen and oxygen atoms in total. The van der Waals surface area contributed by atoms with E-state index in [1.807, 2.05) is 0 Å². The number of nitrogens with zero attached hydrogens (tertiary/aromatic N) is 1. The molecule has 2 aliphatic heterocycles. The zero-order chi connectivity index (χ0) is 15.3. The molecule has 3 heterocycles. The molecular weight excluding hydrogens is 350 g/mol. The summed E-state index contributed by atoms with van der Waals surface area (Å²) in [5.74, 6) is -0.101. The highest BCUT2D eigenvalue weighted by molar-refractivity contribution is 9.10. The molecule has 21 heavy (non-hydrogen) atoms. The van der Waals surface area contributed by atoms with Crippen molar-refractivity contribution in [2.24, 2.45) is 5.73 Å². The number of imidazole rings is 1. The van der Waals surface area contributed by atoms with Gasteiger partial charge in [0.05, 0.1) is 6.61 Å². The lowest BCUT2D eigenvalue weighted by Gasteiger charge is -2.20. The zero-order valence-electron chi connectivity index (χ0n) is 10.7. The molecule has 1 saturated heterocycles. The molecule has 0 bridgehead atoms. The summed E-state index contributed by atoms with van der Waals surface area (Å²) >= 11 is 3.24. The van der Waals surface area contributed by atoms with E-state index in [-0.39, 0.29) is 5.69 Å². The highest BCUT2D eigenvalue weighted by Gasteiger charge is 2.49. The SMILES string of the molecule is N[C@@H]1NC(=O)c2[nH]c(Br)[n+]([C@@H]3O[C@H](CO)[C@@H](O)[C@@H]3O)c2N1. The number of carbonyl (C=O) groups excluding carboxylic acids is 1. The van der Waals surface area contributed by atoms with Gasteiger partial charge in [-0.1, -0.05) is 0 Å². The minimum absolute atomic E-state index is 0.210. The summed E-state index contributed by atoms with van der Waals surface area (Å²) in [4.78, 5) is 14.6. The van der Waals surface area contributed by atoms with Crippen LogP contribution in [-0.4, -0.2) is 57.4 Å². The van der Waals surface area contributed by atoms with Crippen molar-refractivity contribution in [1.82, 2.24) is 10.3 Å². The monoisotopic (exact) mass is 364 g/mol. The van der Waals surface area contributed by atoms with Crippen LogP contribution in [0.15, 0.2) is 4.73 Å². The third-order valence-electron chi connectivity index (χ3n) is 3.49. The average molecular weight is 365 g/mol. The first-order valence-corrected chi connectivity index (χ1v) is 7.01. The summed E-state index contributed by atoms with van der Waals surface area (Å²) < 4.78 is 7.22. The van der Waals surface area contributed by atoms with Crippen LogP contribution in [0.25, 0.3) is 0 Å². The van der Waals surface area contributed by atoms with Crippen LogP contribution < -0.4 is 20.9 Å². The Balaban J connectivity index is 2.02. The van der Waals surface area contributed by atoms with Crippen molar-refractivity contribution in [2.45, 2.75) is 30.8 Å². The average Bonchev–Trinajstić information content (AvgIpc) is 2.89. The molecule has 11 heteroatoms. The van der Waals surface area contributed by atoms with Crippen LogP contribution in [0, 0.1) is 0 Å². The maximum absolute atomic E-state index is 11.9. The van der Waals surface area contributed by atoms with Crippen LogP contribution in [-0.2, 0) is 4.74 Å². The highest BCUT2D eigenvalue weighted by atomic mass is 79.9. The van der Waals surface area contributed by atoms with Crippen LogP contribution in [0.2, 0.25) is 0 Å². The van der Waals surface area contributed by atoms with Gasteiger partial charge in [0, 0.05) is 15.9 Å². The number of anilines is 1. The van der Waals surface area contributed by atoms with Crippen LogP contribution in [0.5, 0.6) is 0 Å². The molecular formula is C10H15BrN5O5+. The van der Waals surface area contributed by atoms with Crippen LogP contribution in [0.3, 0.4) is 0 Å². The molecule has 1 fully saturated rings. The molecule has 8 N–H and O–H groups in total. The molecule has 3 rings (SSSR count). The van der Waals surface area contributed by atoms with E-state index >= 15 is 0 Å². The Morgan fingerprint density at radius 3 is 2.67 bits per heavy atom. The highest BCUT2D eigenvalue weighted by Crippen LogP contribution is 2.29. The van der Waals surface area contributed by atoms with Crippen LogP contribution in [0.1, 0.15) is 16.7 Å². The third kappa shape index (κ3) is 2.22. The molecule has 0 spiro atoms. The number of aliphatic hydroxyl groups excluding tert-OH is 3. The van der Waals surface area contributed by atoms with Crippen LogP contribution >= 0.6 is 15.9 Å². The van der Waals surface area contributed by atoms with Gasteiger partial charge in [0.15, 0.2) is 6.29 Å². The molecule has 1 aromatic rings. The maximum Gasteiger partial charge on any atom is 0.293 e. The number of carbonyl (C=O) groups is 1. The lowest BCUT2D eigenvalue weighted by atomic mass is 10.1. The topological polar surface area (TPSA) is 157 Å². The fraction of sp³-hybridized carbons (Fsp3) is 0.600. The van der Waals surface area contributed by atoms with Crippen molar-refractivity contribution in [3.8, 4) is 0 Å². The summed E-state index contributed by atoms with van der Waals surface area (Å²) in [5.41, 5.74) is 5.86. The number of aromatic nitrogens is 2. The molecule has 1 aromatic heterocycles. The van der Waals surface area contributed by atoms with E-state index in [0.29, 0.717) is 10.6 Å².